The highest BCUT2D eigenvalue weighted by Gasteiger charge is 2.21. The molecule has 3 aromatic rings. The van der Waals surface area contributed by atoms with Crippen LogP contribution in [0.5, 0.6) is 0 Å². The molecular weight excluding hydrogens is 334 g/mol. The van der Waals surface area contributed by atoms with Crippen molar-refractivity contribution in [3.8, 4) is 11.4 Å². The van der Waals surface area contributed by atoms with E-state index in [9.17, 15) is 0 Å². The predicted molar refractivity (Wildman–Crippen MR) is 98.4 cm³/mol. The Bertz CT molecular complexity index is 838. The molecular formula is C18H19N5OS. The summed E-state index contributed by atoms with van der Waals surface area (Å²) in [5, 5.41) is 8.89. The van der Waals surface area contributed by atoms with Crippen LogP contribution in [0.15, 0.2) is 42.0 Å². The quantitative estimate of drug-likeness (QED) is 0.710. The summed E-state index contributed by atoms with van der Waals surface area (Å²) in [6, 6.07) is 7.99. The lowest BCUT2D eigenvalue weighted by molar-refractivity contribution is 0.117. The summed E-state index contributed by atoms with van der Waals surface area (Å²) in [5.41, 5.74) is 3.16. The Hall–Kier alpha value is -2.35. The molecule has 0 saturated carbocycles. The van der Waals surface area contributed by atoms with Gasteiger partial charge in [0, 0.05) is 55.1 Å². The molecule has 4 rings (SSSR count). The number of aromatic nitrogens is 3. The molecule has 2 N–H and O–H groups in total. The largest absolute Gasteiger partial charge is 0.374 e. The SMILES string of the molecule is COC(CNc1nc(-c2ccncc2)nc2c1CNC2)c1cccs1. The van der Waals surface area contributed by atoms with Crippen molar-refractivity contribution < 1.29 is 4.74 Å². The van der Waals surface area contributed by atoms with Gasteiger partial charge in [-0.15, -0.1) is 11.3 Å². The molecule has 0 saturated heterocycles. The number of pyridine rings is 1. The third kappa shape index (κ3) is 3.39. The van der Waals surface area contributed by atoms with Crippen molar-refractivity contribution in [1.82, 2.24) is 20.3 Å². The van der Waals surface area contributed by atoms with E-state index >= 15 is 0 Å². The number of rotatable bonds is 6. The van der Waals surface area contributed by atoms with Crippen LogP contribution < -0.4 is 10.6 Å². The van der Waals surface area contributed by atoms with Crippen molar-refractivity contribution >= 4 is 17.2 Å². The summed E-state index contributed by atoms with van der Waals surface area (Å²) in [6.07, 6.45) is 3.52. The third-order valence-corrected chi connectivity index (χ3v) is 5.19. The van der Waals surface area contributed by atoms with Gasteiger partial charge >= 0.3 is 0 Å². The van der Waals surface area contributed by atoms with Crippen molar-refractivity contribution in [2.24, 2.45) is 0 Å². The topological polar surface area (TPSA) is 72.0 Å². The molecule has 0 amide bonds. The van der Waals surface area contributed by atoms with E-state index in [-0.39, 0.29) is 6.10 Å². The highest BCUT2D eigenvalue weighted by Crippen LogP contribution is 2.27. The lowest BCUT2D eigenvalue weighted by Gasteiger charge is -2.17. The van der Waals surface area contributed by atoms with Gasteiger partial charge in [-0.05, 0) is 23.6 Å². The minimum absolute atomic E-state index is 0.00403. The second kappa shape index (κ2) is 7.26. The average Bonchev–Trinajstić information content (AvgIpc) is 3.34. The Morgan fingerprint density at radius 1 is 1.24 bits per heavy atom. The van der Waals surface area contributed by atoms with Gasteiger partial charge in [0.15, 0.2) is 5.82 Å². The van der Waals surface area contributed by atoms with E-state index in [1.807, 2.05) is 18.2 Å². The average molecular weight is 353 g/mol. The normalized spacial score (nSPS) is 14.3. The van der Waals surface area contributed by atoms with E-state index < -0.39 is 0 Å². The fourth-order valence-electron chi connectivity index (χ4n) is 2.91. The molecule has 0 fully saturated rings. The van der Waals surface area contributed by atoms with Crippen LogP contribution in [0, 0.1) is 0 Å². The van der Waals surface area contributed by atoms with Crippen LogP contribution in [0.25, 0.3) is 11.4 Å². The molecule has 1 aliphatic rings. The summed E-state index contributed by atoms with van der Waals surface area (Å²) >= 11 is 1.70. The Labute approximate surface area is 150 Å². The van der Waals surface area contributed by atoms with E-state index in [1.165, 1.54) is 4.88 Å². The highest BCUT2D eigenvalue weighted by molar-refractivity contribution is 7.10. The number of methoxy groups -OCH3 is 1. The van der Waals surface area contributed by atoms with Gasteiger partial charge in [-0.3, -0.25) is 4.98 Å². The number of hydrogen-bond acceptors (Lipinski definition) is 7. The fourth-order valence-corrected chi connectivity index (χ4v) is 3.71. The van der Waals surface area contributed by atoms with Crippen LogP contribution in [0.1, 0.15) is 22.2 Å². The molecule has 0 spiro atoms. The predicted octanol–water partition coefficient (Wildman–Crippen LogP) is 3.00. The third-order valence-electron chi connectivity index (χ3n) is 4.23. The highest BCUT2D eigenvalue weighted by atomic mass is 32.1. The van der Waals surface area contributed by atoms with E-state index in [4.69, 9.17) is 14.7 Å². The maximum Gasteiger partial charge on any atom is 0.161 e. The van der Waals surface area contributed by atoms with Gasteiger partial charge in [-0.1, -0.05) is 6.07 Å². The van der Waals surface area contributed by atoms with Crippen LogP contribution in [0.3, 0.4) is 0 Å². The van der Waals surface area contributed by atoms with E-state index in [2.05, 4.69) is 27.1 Å². The van der Waals surface area contributed by atoms with Crippen LogP contribution in [-0.4, -0.2) is 28.6 Å². The zero-order valence-electron chi connectivity index (χ0n) is 13.9. The van der Waals surface area contributed by atoms with Gasteiger partial charge in [-0.25, -0.2) is 9.97 Å². The smallest absolute Gasteiger partial charge is 0.161 e. The van der Waals surface area contributed by atoms with Crippen LogP contribution >= 0.6 is 11.3 Å². The minimum Gasteiger partial charge on any atom is -0.374 e. The maximum atomic E-state index is 5.63. The van der Waals surface area contributed by atoms with Gasteiger partial charge in [0.25, 0.3) is 0 Å². The summed E-state index contributed by atoms with van der Waals surface area (Å²) < 4.78 is 5.63. The molecule has 0 bridgehead atoms. The summed E-state index contributed by atoms with van der Waals surface area (Å²) in [6.45, 7) is 2.21. The number of fused-ring (bicyclic) bond motifs is 1. The Kier molecular flexibility index (Phi) is 4.69. The van der Waals surface area contributed by atoms with Gasteiger partial charge < -0.3 is 15.4 Å². The molecule has 0 aliphatic carbocycles. The molecule has 1 atom stereocenters. The first-order valence-corrected chi connectivity index (χ1v) is 9.04. The van der Waals surface area contributed by atoms with E-state index in [1.54, 1.807) is 30.8 Å². The standard InChI is InChI=1S/C18H19N5OS/c1-24-15(16-3-2-8-25-16)11-21-18-13-9-20-10-14(13)22-17(23-18)12-4-6-19-7-5-12/h2-8,15,20H,9-11H2,1H3,(H,21,22,23). The summed E-state index contributed by atoms with van der Waals surface area (Å²) in [4.78, 5) is 14.7. The lowest BCUT2D eigenvalue weighted by Crippen LogP contribution is -2.16. The number of nitrogens with one attached hydrogen (secondary N) is 2. The van der Waals surface area contributed by atoms with Crippen molar-refractivity contribution in [3.05, 3.63) is 58.2 Å². The number of thiophene rings is 1. The Morgan fingerprint density at radius 2 is 2.12 bits per heavy atom. The van der Waals surface area contributed by atoms with Crippen molar-refractivity contribution in [2.75, 3.05) is 19.0 Å². The molecule has 0 aromatic carbocycles. The van der Waals surface area contributed by atoms with Crippen LogP contribution in [0.4, 0.5) is 5.82 Å². The van der Waals surface area contributed by atoms with Crippen LogP contribution in [0.2, 0.25) is 0 Å². The van der Waals surface area contributed by atoms with Gasteiger partial charge in [0.05, 0.1) is 5.69 Å². The summed E-state index contributed by atoms with van der Waals surface area (Å²) in [7, 11) is 1.74. The monoisotopic (exact) mass is 353 g/mol. The molecule has 4 heterocycles. The maximum absolute atomic E-state index is 5.63. The van der Waals surface area contributed by atoms with Crippen molar-refractivity contribution in [3.63, 3.8) is 0 Å². The van der Waals surface area contributed by atoms with Crippen molar-refractivity contribution in [1.29, 1.82) is 0 Å². The van der Waals surface area contributed by atoms with E-state index in [0.717, 1.165) is 41.6 Å². The van der Waals surface area contributed by atoms with Crippen molar-refractivity contribution in [2.45, 2.75) is 19.2 Å². The number of hydrogen-bond donors (Lipinski definition) is 2. The minimum atomic E-state index is 0.00403. The zero-order chi connectivity index (χ0) is 17.1. The zero-order valence-corrected chi connectivity index (χ0v) is 14.7. The Morgan fingerprint density at radius 3 is 2.88 bits per heavy atom. The molecule has 0 radical (unpaired) electrons. The molecule has 25 heavy (non-hydrogen) atoms. The van der Waals surface area contributed by atoms with Gasteiger partial charge in [-0.2, -0.15) is 0 Å². The summed E-state index contributed by atoms with van der Waals surface area (Å²) in [5.74, 6) is 1.60. The first kappa shape index (κ1) is 16.1. The first-order chi connectivity index (χ1) is 12.3. The molecule has 1 unspecified atom stereocenters. The second-order valence-corrected chi connectivity index (χ2v) is 6.76. The lowest BCUT2D eigenvalue weighted by atomic mass is 10.2. The molecule has 6 nitrogen and oxygen atoms in total. The molecule has 1 aliphatic heterocycles. The number of anilines is 1. The Balaban J connectivity index is 1.61. The fraction of sp³-hybridized carbons (Fsp3) is 0.278. The number of nitrogens with zero attached hydrogens (tertiary/aromatic N) is 3. The molecule has 3 aromatic heterocycles. The van der Waals surface area contributed by atoms with Gasteiger partial charge in [0.1, 0.15) is 11.9 Å². The van der Waals surface area contributed by atoms with Gasteiger partial charge in [0.2, 0.25) is 0 Å². The van der Waals surface area contributed by atoms with E-state index in [0.29, 0.717) is 6.54 Å². The second-order valence-electron chi connectivity index (χ2n) is 5.78. The van der Waals surface area contributed by atoms with Crippen LogP contribution in [-0.2, 0) is 17.8 Å². The molecule has 7 heteroatoms. The first-order valence-electron chi connectivity index (χ1n) is 8.16. The number of ether oxygens (including phenoxy) is 1. The molecule has 128 valence electrons.